The third kappa shape index (κ3) is 1.47. The molecular formula is C7H9F3N4. The van der Waals surface area contributed by atoms with Gasteiger partial charge in [-0.15, -0.1) is 5.10 Å². The van der Waals surface area contributed by atoms with Gasteiger partial charge in [0.1, 0.15) is 5.69 Å². The van der Waals surface area contributed by atoms with Crippen LogP contribution in [-0.2, 0) is 12.7 Å². The highest BCUT2D eigenvalue weighted by Gasteiger charge is 2.42. The van der Waals surface area contributed by atoms with Crippen LogP contribution < -0.4 is 5.73 Å². The van der Waals surface area contributed by atoms with Crippen LogP contribution in [0.2, 0.25) is 0 Å². The van der Waals surface area contributed by atoms with E-state index in [0.29, 0.717) is 0 Å². The summed E-state index contributed by atoms with van der Waals surface area (Å²) in [5.74, 6) is 0. The monoisotopic (exact) mass is 206 g/mol. The fourth-order valence-corrected chi connectivity index (χ4v) is 1.33. The molecule has 0 aromatic carbocycles. The molecule has 0 saturated heterocycles. The van der Waals surface area contributed by atoms with Gasteiger partial charge in [0.15, 0.2) is 5.69 Å². The van der Waals surface area contributed by atoms with Gasteiger partial charge in [0.2, 0.25) is 0 Å². The fourth-order valence-electron chi connectivity index (χ4n) is 1.33. The second-order valence-electron chi connectivity index (χ2n) is 3.26. The van der Waals surface area contributed by atoms with Gasteiger partial charge < -0.3 is 5.73 Å². The highest BCUT2D eigenvalue weighted by atomic mass is 19.4. The van der Waals surface area contributed by atoms with Crippen LogP contribution in [0.5, 0.6) is 0 Å². The lowest BCUT2D eigenvalue weighted by Gasteiger charge is -2.09. The van der Waals surface area contributed by atoms with Gasteiger partial charge in [0, 0.05) is 6.54 Å². The number of alkyl halides is 3. The van der Waals surface area contributed by atoms with E-state index in [9.17, 15) is 13.2 Å². The van der Waals surface area contributed by atoms with Crippen molar-refractivity contribution >= 4 is 0 Å². The number of hydrogen-bond acceptors (Lipinski definition) is 3. The standard InChI is InChI=1S/C7H9F3N4/c8-7(9,10)6-5(3-11)12-13-14(6)4-1-2-4/h4H,1-3,11H2. The second kappa shape index (κ2) is 2.94. The van der Waals surface area contributed by atoms with Crippen molar-refractivity contribution in [3.8, 4) is 0 Å². The molecule has 1 aliphatic rings. The second-order valence-corrected chi connectivity index (χ2v) is 3.26. The Morgan fingerprint density at radius 3 is 2.50 bits per heavy atom. The highest BCUT2D eigenvalue weighted by molar-refractivity contribution is 5.15. The molecule has 7 heteroatoms. The Balaban J connectivity index is 2.45. The van der Waals surface area contributed by atoms with E-state index >= 15 is 0 Å². The van der Waals surface area contributed by atoms with Crippen molar-refractivity contribution in [3.63, 3.8) is 0 Å². The minimum Gasteiger partial charge on any atom is -0.325 e. The van der Waals surface area contributed by atoms with Crippen LogP contribution in [0, 0.1) is 0 Å². The smallest absolute Gasteiger partial charge is 0.325 e. The molecule has 0 bridgehead atoms. The maximum atomic E-state index is 12.6. The molecule has 0 radical (unpaired) electrons. The quantitative estimate of drug-likeness (QED) is 0.788. The van der Waals surface area contributed by atoms with Crippen molar-refractivity contribution in [3.05, 3.63) is 11.4 Å². The molecule has 0 amide bonds. The maximum Gasteiger partial charge on any atom is 0.434 e. The summed E-state index contributed by atoms with van der Waals surface area (Å²) < 4.78 is 38.6. The largest absolute Gasteiger partial charge is 0.434 e. The van der Waals surface area contributed by atoms with Gasteiger partial charge in [-0.25, -0.2) is 4.68 Å². The number of nitrogens with two attached hydrogens (primary N) is 1. The van der Waals surface area contributed by atoms with Gasteiger partial charge in [-0.2, -0.15) is 13.2 Å². The molecule has 78 valence electrons. The average molecular weight is 206 g/mol. The molecule has 0 unspecified atom stereocenters. The van der Waals surface area contributed by atoms with Crippen LogP contribution >= 0.6 is 0 Å². The molecule has 1 fully saturated rings. The highest BCUT2D eigenvalue weighted by Crippen LogP contribution is 2.40. The topological polar surface area (TPSA) is 56.7 Å². The van der Waals surface area contributed by atoms with Crippen LogP contribution in [0.3, 0.4) is 0 Å². The molecule has 1 aliphatic carbocycles. The van der Waals surface area contributed by atoms with E-state index in [-0.39, 0.29) is 18.3 Å². The first-order valence-corrected chi connectivity index (χ1v) is 4.25. The Kier molecular flexibility index (Phi) is 1.99. The van der Waals surface area contributed by atoms with Crippen molar-refractivity contribution < 1.29 is 13.2 Å². The molecule has 0 spiro atoms. The molecule has 0 atom stereocenters. The predicted octanol–water partition coefficient (Wildman–Crippen LogP) is 1.09. The molecule has 4 nitrogen and oxygen atoms in total. The van der Waals surface area contributed by atoms with Gasteiger partial charge in [-0.3, -0.25) is 0 Å². The molecule has 14 heavy (non-hydrogen) atoms. The van der Waals surface area contributed by atoms with E-state index in [0.717, 1.165) is 17.5 Å². The van der Waals surface area contributed by atoms with Crippen LogP contribution in [-0.4, -0.2) is 15.0 Å². The number of rotatable bonds is 2. The first kappa shape index (κ1) is 9.45. The lowest BCUT2D eigenvalue weighted by Crippen LogP contribution is -2.17. The minimum atomic E-state index is -4.42. The number of nitrogens with zero attached hydrogens (tertiary/aromatic N) is 3. The summed E-state index contributed by atoms with van der Waals surface area (Å²) in [5, 5.41) is 6.91. The number of halogens is 3. The zero-order valence-electron chi connectivity index (χ0n) is 7.25. The van der Waals surface area contributed by atoms with Crippen molar-refractivity contribution in [2.24, 2.45) is 5.73 Å². The van der Waals surface area contributed by atoms with Gasteiger partial charge >= 0.3 is 6.18 Å². The van der Waals surface area contributed by atoms with Gasteiger partial charge in [-0.1, -0.05) is 5.21 Å². The molecule has 2 N–H and O–H groups in total. The first-order valence-electron chi connectivity index (χ1n) is 4.25. The molecular weight excluding hydrogens is 197 g/mol. The third-order valence-corrected chi connectivity index (χ3v) is 2.12. The first-order chi connectivity index (χ1) is 6.54. The van der Waals surface area contributed by atoms with Crippen LogP contribution in [0.4, 0.5) is 13.2 Å². The number of hydrogen-bond donors (Lipinski definition) is 1. The Hall–Kier alpha value is -1.11. The maximum absolute atomic E-state index is 12.6. The molecule has 2 rings (SSSR count). The Bertz CT molecular complexity index is 339. The summed E-state index contributed by atoms with van der Waals surface area (Å²) in [4.78, 5) is 0. The predicted molar refractivity (Wildman–Crippen MR) is 41.2 cm³/mol. The summed E-state index contributed by atoms with van der Waals surface area (Å²) >= 11 is 0. The summed E-state index contributed by atoms with van der Waals surface area (Å²) in [7, 11) is 0. The van der Waals surface area contributed by atoms with E-state index in [1.807, 2.05) is 0 Å². The summed E-state index contributed by atoms with van der Waals surface area (Å²) in [6, 6.07) is -0.139. The number of aromatic nitrogens is 3. The van der Waals surface area contributed by atoms with E-state index in [4.69, 9.17) is 5.73 Å². The van der Waals surface area contributed by atoms with Crippen LogP contribution in [0.1, 0.15) is 30.3 Å². The Morgan fingerprint density at radius 1 is 1.43 bits per heavy atom. The van der Waals surface area contributed by atoms with Crippen molar-refractivity contribution in [2.75, 3.05) is 0 Å². The molecule has 0 aliphatic heterocycles. The molecule has 1 saturated carbocycles. The lowest BCUT2D eigenvalue weighted by molar-refractivity contribution is -0.144. The molecule has 1 aromatic rings. The zero-order valence-corrected chi connectivity index (χ0v) is 7.25. The van der Waals surface area contributed by atoms with Crippen molar-refractivity contribution in [1.82, 2.24) is 15.0 Å². The van der Waals surface area contributed by atoms with E-state index in [1.54, 1.807) is 0 Å². The zero-order chi connectivity index (χ0) is 10.3. The van der Waals surface area contributed by atoms with Gasteiger partial charge in [0.05, 0.1) is 6.04 Å². The average Bonchev–Trinajstić information content (AvgIpc) is 2.82. The van der Waals surface area contributed by atoms with Gasteiger partial charge in [-0.05, 0) is 12.8 Å². The normalized spacial score (nSPS) is 17.4. The van der Waals surface area contributed by atoms with Crippen LogP contribution in [0.25, 0.3) is 0 Å². The summed E-state index contributed by atoms with van der Waals surface area (Å²) in [6.45, 7) is -0.235. The van der Waals surface area contributed by atoms with E-state index in [2.05, 4.69) is 10.3 Å². The van der Waals surface area contributed by atoms with E-state index in [1.165, 1.54) is 0 Å². The SMILES string of the molecule is NCc1nnn(C2CC2)c1C(F)(F)F. The third-order valence-electron chi connectivity index (χ3n) is 2.12. The van der Waals surface area contributed by atoms with Crippen LogP contribution in [0.15, 0.2) is 0 Å². The Labute approximate surface area is 77.9 Å². The van der Waals surface area contributed by atoms with E-state index < -0.39 is 11.9 Å². The van der Waals surface area contributed by atoms with Crippen molar-refractivity contribution in [1.29, 1.82) is 0 Å². The fraction of sp³-hybridized carbons (Fsp3) is 0.714. The van der Waals surface area contributed by atoms with Gasteiger partial charge in [0.25, 0.3) is 0 Å². The summed E-state index contributed by atoms with van der Waals surface area (Å²) in [6.07, 6.45) is -2.95. The summed E-state index contributed by atoms with van der Waals surface area (Å²) in [5.41, 5.74) is 4.20. The Morgan fingerprint density at radius 2 is 2.07 bits per heavy atom. The van der Waals surface area contributed by atoms with Crippen molar-refractivity contribution in [2.45, 2.75) is 31.6 Å². The molecule has 1 aromatic heterocycles. The lowest BCUT2D eigenvalue weighted by atomic mass is 10.3. The minimum absolute atomic E-state index is 0.139. The molecule has 1 heterocycles.